The number of amides is 1. The molecule has 1 amide bonds. The molecule has 2 aromatic rings. The number of hydrogen-bond acceptors (Lipinski definition) is 6. The average Bonchev–Trinajstić information content (AvgIpc) is 2.76. The Kier molecular flexibility index (Phi) is 10.1. The highest BCUT2D eigenvalue weighted by molar-refractivity contribution is 7.80. The van der Waals surface area contributed by atoms with E-state index in [2.05, 4.69) is 17.9 Å². The van der Waals surface area contributed by atoms with Crippen molar-refractivity contribution in [2.45, 2.75) is 50.6 Å². The average molecular weight is 500 g/mol. The van der Waals surface area contributed by atoms with Crippen LogP contribution in [0.3, 0.4) is 0 Å². The van der Waals surface area contributed by atoms with E-state index in [0.717, 1.165) is 17.7 Å². The van der Waals surface area contributed by atoms with Gasteiger partial charge in [0.25, 0.3) is 6.43 Å². The van der Waals surface area contributed by atoms with Gasteiger partial charge in [0.1, 0.15) is 36.4 Å². The Morgan fingerprint density at radius 2 is 1.76 bits per heavy atom. The molecule has 186 valence electrons. The molecular formula is C24H28F3NO5S. The van der Waals surface area contributed by atoms with Gasteiger partial charge in [-0.3, -0.25) is 4.79 Å². The van der Waals surface area contributed by atoms with Crippen molar-refractivity contribution in [2.75, 3.05) is 13.2 Å². The summed E-state index contributed by atoms with van der Waals surface area (Å²) in [4.78, 5) is 24.3. The van der Waals surface area contributed by atoms with Crippen LogP contribution in [0.5, 0.6) is 5.75 Å². The number of hydrogen-bond donors (Lipinski definition) is 2. The Labute approximate surface area is 202 Å². The molecule has 6 nitrogen and oxygen atoms in total. The molecule has 0 aliphatic carbocycles. The molecule has 0 fully saturated rings. The van der Waals surface area contributed by atoms with Crippen LogP contribution in [0.15, 0.2) is 48.5 Å². The first kappa shape index (κ1) is 27.4. The van der Waals surface area contributed by atoms with Gasteiger partial charge in [0.05, 0.1) is 5.25 Å². The fraction of sp³-hybridized carbons (Fsp3) is 0.417. The van der Waals surface area contributed by atoms with Gasteiger partial charge in [0, 0.05) is 12.5 Å². The van der Waals surface area contributed by atoms with Crippen LogP contribution in [0.25, 0.3) is 0 Å². The van der Waals surface area contributed by atoms with E-state index < -0.39 is 54.4 Å². The molecule has 0 saturated heterocycles. The molecule has 1 N–H and O–H groups in total. The number of thiol groups is 1. The topological polar surface area (TPSA) is 73.9 Å². The molecule has 0 aliphatic heterocycles. The van der Waals surface area contributed by atoms with Crippen molar-refractivity contribution in [3.63, 3.8) is 0 Å². The first-order valence-corrected chi connectivity index (χ1v) is 11.0. The molecule has 0 saturated carbocycles. The highest BCUT2D eigenvalue weighted by Crippen LogP contribution is 2.31. The van der Waals surface area contributed by atoms with Gasteiger partial charge in [-0.15, -0.1) is 0 Å². The van der Waals surface area contributed by atoms with Gasteiger partial charge in [-0.05, 0) is 38.0 Å². The Morgan fingerprint density at radius 3 is 2.38 bits per heavy atom. The van der Waals surface area contributed by atoms with Crippen LogP contribution in [-0.4, -0.2) is 43.3 Å². The summed E-state index contributed by atoms with van der Waals surface area (Å²) < 4.78 is 54.7. The second-order valence-electron chi connectivity index (χ2n) is 8.40. The van der Waals surface area contributed by atoms with Crippen LogP contribution in [0.4, 0.5) is 18.0 Å². The maximum Gasteiger partial charge on any atom is 0.408 e. The van der Waals surface area contributed by atoms with Crippen LogP contribution in [0, 0.1) is 5.82 Å². The number of ether oxygens (including phenoxy) is 3. The highest BCUT2D eigenvalue weighted by Gasteiger charge is 2.27. The van der Waals surface area contributed by atoms with Gasteiger partial charge in [-0.25, -0.2) is 18.0 Å². The molecule has 0 aliphatic rings. The van der Waals surface area contributed by atoms with E-state index >= 15 is 0 Å². The second-order valence-corrected chi connectivity index (χ2v) is 8.95. The number of carbonyl (C=O) groups is 2. The molecule has 0 heterocycles. The summed E-state index contributed by atoms with van der Waals surface area (Å²) in [5.74, 6) is -1.50. The predicted molar refractivity (Wildman–Crippen MR) is 124 cm³/mol. The van der Waals surface area contributed by atoms with Crippen molar-refractivity contribution in [3.05, 3.63) is 65.5 Å². The van der Waals surface area contributed by atoms with Gasteiger partial charge in [0.2, 0.25) is 0 Å². The van der Waals surface area contributed by atoms with Crippen molar-refractivity contribution in [2.24, 2.45) is 0 Å². The number of benzene rings is 2. The van der Waals surface area contributed by atoms with E-state index in [4.69, 9.17) is 14.2 Å². The third kappa shape index (κ3) is 9.54. The second kappa shape index (κ2) is 12.5. The van der Waals surface area contributed by atoms with Crippen molar-refractivity contribution in [1.82, 2.24) is 5.32 Å². The summed E-state index contributed by atoms with van der Waals surface area (Å²) in [5, 5.41) is 1.71. The summed E-state index contributed by atoms with van der Waals surface area (Å²) in [6.07, 6.45) is -4.42. The first-order valence-electron chi connectivity index (χ1n) is 10.5. The zero-order valence-electron chi connectivity index (χ0n) is 19.1. The summed E-state index contributed by atoms with van der Waals surface area (Å²) in [5.41, 5.74) is 0.355. The lowest BCUT2D eigenvalue weighted by atomic mass is 9.99. The number of carbonyl (C=O) groups excluding carboxylic acids is 2. The predicted octanol–water partition coefficient (Wildman–Crippen LogP) is 5.12. The zero-order chi connectivity index (χ0) is 25.3. The standard InChI is InChI=1S/C24H28F3NO5S/c1-24(2,3)33-23(30)28-13-21(29)32-19(22(34)15-7-5-4-6-8-15)11-16-9-10-17(25)12-18(16)31-14-20(26)27/h4-10,12,19-20,22,34H,11,13-14H2,1-3H3,(H,28,30). The lowest BCUT2D eigenvalue weighted by molar-refractivity contribution is -0.148. The van der Waals surface area contributed by atoms with E-state index in [0.29, 0.717) is 5.56 Å². The normalized spacial score (nSPS) is 13.2. The van der Waals surface area contributed by atoms with Crippen LogP contribution < -0.4 is 10.1 Å². The number of nitrogens with one attached hydrogen (secondary N) is 1. The molecule has 0 bridgehead atoms. The molecule has 0 radical (unpaired) electrons. The van der Waals surface area contributed by atoms with Crippen LogP contribution in [0.2, 0.25) is 0 Å². The summed E-state index contributed by atoms with van der Waals surface area (Å²) in [6, 6.07) is 12.5. The number of rotatable bonds is 10. The van der Waals surface area contributed by atoms with Gasteiger partial charge in [0.15, 0.2) is 0 Å². The van der Waals surface area contributed by atoms with Gasteiger partial charge < -0.3 is 19.5 Å². The molecular weight excluding hydrogens is 471 g/mol. The fourth-order valence-corrected chi connectivity index (χ4v) is 3.29. The molecule has 2 unspecified atom stereocenters. The minimum Gasteiger partial charge on any atom is -0.487 e. The third-order valence-electron chi connectivity index (χ3n) is 4.37. The number of halogens is 3. The van der Waals surface area contributed by atoms with E-state index in [1.807, 2.05) is 6.07 Å². The monoisotopic (exact) mass is 499 g/mol. The maximum absolute atomic E-state index is 13.7. The Hall–Kier alpha value is -2.88. The molecule has 2 rings (SSSR count). The van der Waals surface area contributed by atoms with E-state index in [1.165, 1.54) is 6.07 Å². The number of esters is 1. The lowest BCUT2D eigenvalue weighted by Crippen LogP contribution is -2.37. The maximum atomic E-state index is 13.7. The minimum absolute atomic E-state index is 0.0000892. The molecule has 10 heteroatoms. The van der Waals surface area contributed by atoms with E-state index in [9.17, 15) is 22.8 Å². The SMILES string of the molecule is CC(C)(C)OC(=O)NCC(=O)OC(Cc1ccc(F)cc1OCC(F)F)C(S)c1ccccc1. The van der Waals surface area contributed by atoms with Crippen molar-refractivity contribution in [1.29, 1.82) is 0 Å². The highest BCUT2D eigenvalue weighted by atomic mass is 32.1. The molecule has 0 aromatic heterocycles. The largest absolute Gasteiger partial charge is 0.487 e. The van der Waals surface area contributed by atoms with Crippen molar-refractivity contribution < 1.29 is 37.0 Å². The fourth-order valence-electron chi connectivity index (χ4n) is 2.95. The summed E-state index contributed by atoms with van der Waals surface area (Å²) >= 11 is 4.60. The van der Waals surface area contributed by atoms with Gasteiger partial charge >= 0.3 is 12.1 Å². The van der Waals surface area contributed by atoms with Gasteiger partial charge in [-0.2, -0.15) is 12.6 Å². The Balaban J connectivity index is 2.19. The molecule has 2 aromatic carbocycles. The molecule has 0 spiro atoms. The smallest absolute Gasteiger partial charge is 0.408 e. The van der Waals surface area contributed by atoms with E-state index in [-0.39, 0.29) is 12.2 Å². The van der Waals surface area contributed by atoms with Crippen LogP contribution >= 0.6 is 12.6 Å². The zero-order valence-corrected chi connectivity index (χ0v) is 20.0. The number of alkyl carbamates (subject to hydrolysis) is 1. The minimum atomic E-state index is -2.74. The van der Waals surface area contributed by atoms with Crippen molar-refractivity contribution in [3.8, 4) is 5.75 Å². The van der Waals surface area contributed by atoms with Gasteiger partial charge in [-0.1, -0.05) is 36.4 Å². The lowest BCUT2D eigenvalue weighted by Gasteiger charge is -2.25. The molecule has 2 atom stereocenters. The van der Waals surface area contributed by atoms with Crippen molar-refractivity contribution >= 4 is 24.7 Å². The first-order chi connectivity index (χ1) is 15.9. The number of alkyl halides is 2. The third-order valence-corrected chi connectivity index (χ3v) is 5.00. The van der Waals surface area contributed by atoms with Crippen LogP contribution in [-0.2, 0) is 20.7 Å². The van der Waals surface area contributed by atoms with E-state index in [1.54, 1.807) is 45.0 Å². The molecule has 34 heavy (non-hydrogen) atoms. The summed E-state index contributed by atoms with van der Waals surface area (Å²) in [7, 11) is 0. The Morgan fingerprint density at radius 1 is 1.09 bits per heavy atom. The quantitative estimate of drug-likeness (QED) is 0.351. The van der Waals surface area contributed by atoms with Crippen LogP contribution in [0.1, 0.15) is 37.1 Å². The summed E-state index contributed by atoms with van der Waals surface area (Å²) in [6.45, 7) is 3.68. The Bertz CT molecular complexity index is 953.